The predicted molar refractivity (Wildman–Crippen MR) is 91.3 cm³/mol. The third-order valence-electron chi connectivity index (χ3n) is 4.99. The van der Waals surface area contributed by atoms with Crippen LogP contribution < -0.4 is 10.1 Å². The van der Waals surface area contributed by atoms with Crippen molar-refractivity contribution in [3.05, 3.63) is 40.9 Å². The van der Waals surface area contributed by atoms with E-state index in [-0.39, 0.29) is 17.6 Å². The van der Waals surface area contributed by atoms with Gasteiger partial charge in [0.2, 0.25) is 0 Å². The van der Waals surface area contributed by atoms with Gasteiger partial charge in [-0.2, -0.15) is 0 Å². The zero-order valence-corrected chi connectivity index (χ0v) is 14.4. The molecular formula is C17H20N4O2S. The lowest BCUT2D eigenvalue weighted by molar-refractivity contribution is -0.0196. The fraction of sp³-hybridized carbons (Fsp3) is 0.471. The van der Waals surface area contributed by atoms with Crippen molar-refractivity contribution in [1.29, 1.82) is 0 Å². The minimum Gasteiger partial charge on any atom is -0.487 e. The molecule has 1 N–H and O–H groups in total. The van der Waals surface area contributed by atoms with Gasteiger partial charge in [-0.25, -0.2) is 0 Å². The highest BCUT2D eigenvalue weighted by Gasteiger charge is 2.43. The number of hydrogen-bond acceptors (Lipinski definition) is 6. The summed E-state index contributed by atoms with van der Waals surface area (Å²) in [6.45, 7) is 2.03. The summed E-state index contributed by atoms with van der Waals surface area (Å²) < 4.78 is 10.2. The lowest BCUT2D eigenvalue weighted by Crippen LogP contribution is -2.51. The molecular weight excluding hydrogens is 324 g/mol. The van der Waals surface area contributed by atoms with Gasteiger partial charge in [0.05, 0.1) is 6.04 Å². The van der Waals surface area contributed by atoms with Crippen molar-refractivity contribution in [3.63, 3.8) is 0 Å². The Hall–Kier alpha value is -1.99. The van der Waals surface area contributed by atoms with E-state index in [1.54, 1.807) is 5.38 Å². The lowest BCUT2D eigenvalue weighted by Gasteiger charge is -2.46. The van der Waals surface area contributed by atoms with E-state index < -0.39 is 0 Å². The van der Waals surface area contributed by atoms with Gasteiger partial charge in [0.25, 0.3) is 5.91 Å². The Balaban J connectivity index is 1.61. The molecule has 4 rings (SSSR count). The number of nitrogens with zero attached hydrogens (tertiary/aromatic N) is 3. The van der Waals surface area contributed by atoms with Crippen LogP contribution in [0.3, 0.4) is 0 Å². The van der Waals surface area contributed by atoms with Crippen LogP contribution >= 0.6 is 11.5 Å². The largest absolute Gasteiger partial charge is 0.487 e. The Morgan fingerprint density at radius 3 is 2.92 bits per heavy atom. The number of para-hydroxylation sites is 1. The van der Waals surface area contributed by atoms with Crippen LogP contribution in [0, 0.1) is 0 Å². The van der Waals surface area contributed by atoms with Crippen molar-refractivity contribution in [2.45, 2.75) is 30.9 Å². The number of rotatable bonds is 2. The first kappa shape index (κ1) is 15.5. The number of aromatic nitrogens is 2. The van der Waals surface area contributed by atoms with Gasteiger partial charge in [-0.15, -0.1) is 5.10 Å². The lowest BCUT2D eigenvalue weighted by atomic mass is 9.80. The van der Waals surface area contributed by atoms with Gasteiger partial charge in [-0.3, -0.25) is 4.79 Å². The summed E-state index contributed by atoms with van der Waals surface area (Å²) in [4.78, 5) is 14.8. The number of benzene rings is 1. The Bertz CT molecular complexity index is 726. The molecule has 24 heavy (non-hydrogen) atoms. The molecule has 1 aromatic carbocycles. The second-order valence-corrected chi connectivity index (χ2v) is 7.26. The van der Waals surface area contributed by atoms with E-state index in [0.29, 0.717) is 5.69 Å². The average Bonchev–Trinajstić information content (AvgIpc) is 3.13. The minimum atomic E-state index is -0.195. The van der Waals surface area contributed by atoms with Gasteiger partial charge in [0.1, 0.15) is 11.4 Å². The van der Waals surface area contributed by atoms with Crippen LogP contribution in [0.5, 0.6) is 5.75 Å². The van der Waals surface area contributed by atoms with Crippen molar-refractivity contribution in [3.8, 4) is 5.75 Å². The van der Waals surface area contributed by atoms with Gasteiger partial charge in [-0.05, 0) is 37.5 Å². The molecule has 1 amide bonds. The Kier molecular flexibility index (Phi) is 3.97. The zero-order valence-electron chi connectivity index (χ0n) is 13.6. The molecule has 7 heteroatoms. The maximum Gasteiger partial charge on any atom is 0.273 e. The molecule has 6 nitrogen and oxygen atoms in total. The summed E-state index contributed by atoms with van der Waals surface area (Å²) in [7, 11) is 2.14. The van der Waals surface area contributed by atoms with E-state index in [4.69, 9.17) is 4.74 Å². The average molecular weight is 344 g/mol. The number of carbonyl (C=O) groups excluding carboxylic acids is 1. The normalized spacial score (nSPS) is 22.6. The van der Waals surface area contributed by atoms with Crippen molar-refractivity contribution >= 4 is 17.4 Å². The molecule has 2 aliphatic heterocycles. The van der Waals surface area contributed by atoms with Crippen LogP contribution in [0.15, 0.2) is 29.6 Å². The van der Waals surface area contributed by atoms with E-state index in [0.717, 1.165) is 43.7 Å². The van der Waals surface area contributed by atoms with Gasteiger partial charge < -0.3 is 15.0 Å². The number of carbonyl (C=O) groups is 1. The highest BCUT2D eigenvalue weighted by molar-refractivity contribution is 7.03. The molecule has 1 aromatic heterocycles. The van der Waals surface area contributed by atoms with Crippen LogP contribution in [0.1, 0.15) is 41.4 Å². The summed E-state index contributed by atoms with van der Waals surface area (Å²) in [5, 5.41) is 8.67. The van der Waals surface area contributed by atoms with Gasteiger partial charge in [0.15, 0.2) is 5.69 Å². The number of piperidine rings is 1. The molecule has 0 aliphatic carbocycles. The molecule has 2 aromatic rings. The van der Waals surface area contributed by atoms with Crippen LogP contribution in [0.4, 0.5) is 0 Å². The molecule has 126 valence electrons. The predicted octanol–water partition coefficient (Wildman–Crippen LogP) is 2.26. The van der Waals surface area contributed by atoms with E-state index in [2.05, 4.69) is 26.9 Å². The molecule has 1 spiro atoms. The van der Waals surface area contributed by atoms with E-state index in [1.807, 2.05) is 24.3 Å². The molecule has 1 saturated heterocycles. The fourth-order valence-electron chi connectivity index (χ4n) is 3.57. The molecule has 1 atom stereocenters. The standard InChI is InChI=1S/C17H20N4O2S/c1-21-8-6-17(7-9-21)10-13(12-4-2-3-5-15(12)23-17)18-16(22)14-11-24-20-19-14/h2-5,11,13H,6-10H2,1H3,(H,18,22). The van der Waals surface area contributed by atoms with E-state index in [9.17, 15) is 4.79 Å². The minimum absolute atomic E-state index is 0.0624. The third kappa shape index (κ3) is 2.89. The van der Waals surface area contributed by atoms with Crippen LogP contribution in [0.2, 0.25) is 0 Å². The summed E-state index contributed by atoms with van der Waals surface area (Å²) in [6, 6.07) is 7.93. The highest BCUT2D eigenvalue weighted by Crippen LogP contribution is 2.44. The first-order chi connectivity index (χ1) is 11.7. The first-order valence-electron chi connectivity index (χ1n) is 8.20. The zero-order chi connectivity index (χ0) is 16.6. The molecule has 0 radical (unpaired) electrons. The number of ether oxygens (including phenoxy) is 1. The van der Waals surface area contributed by atoms with Gasteiger partial charge in [-0.1, -0.05) is 22.7 Å². The SMILES string of the molecule is CN1CCC2(CC1)CC(NC(=O)c1csnn1)c1ccccc1O2. The maximum atomic E-state index is 12.5. The first-order valence-corrected chi connectivity index (χ1v) is 9.03. The fourth-order valence-corrected chi connectivity index (χ4v) is 4.01. The molecule has 2 aliphatic rings. The van der Waals surface area contributed by atoms with Crippen LogP contribution in [-0.4, -0.2) is 46.1 Å². The quantitative estimate of drug-likeness (QED) is 0.905. The maximum absolute atomic E-state index is 12.5. The van der Waals surface area contributed by atoms with E-state index in [1.165, 1.54) is 11.5 Å². The second kappa shape index (κ2) is 6.14. The summed E-state index contributed by atoms with van der Waals surface area (Å²) in [6.07, 6.45) is 2.74. The Labute approximate surface area is 145 Å². The topological polar surface area (TPSA) is 67.4 Å². The number of fused-ring (bicyclic) bond motifs is 1. The van der Waals surface area contributed by atoms with Crippen molar-refractivity contribution in [1.82, 2.24) is 19.8 Å². The highest BCUT2D eigenvalue weighted by atomic mass is 32.1. The molecule has 1 unspecified atom stereocenters. The number of hydrogen-bond donors (Lipinski definition) is 1. The third-order valence-corrected chi connectivity index (χ3v) is 5.50. The summed E-state index contributed by atoms with van der Waals surface area (Å²) in [5.74, 6) is 0.712. The van der Waals surface area contributed by atoms with Crippen molar-refractivity contribution < 1.29 is 9.53 Å². The smallest absolute Gasteiger partial charge is 0.273 e. The molecule has 0 saturated carbocycles. The summed E-state index contributed by atoms with van der Waals surface area (Å²) >= 11 is 1.19. The second-order valence-electron chi connectivity index (χ2n) is 6.65. The monoisotopic (exact) mass is 344 g/mol. The number of nitrogens with one attached hydrogen (secondary N) is 1. The van der Waals surface area contributed by atoms with E-state index >= 15 is 0 Å². The summed E-state index contributed by atoms with van der Waals surface area (Å²) in [5.41, 5.74) is 1.22. The Morgan fingerprint density at radius 2 is 2.17 bits per heavy atom. The van der Waals surface area contributed by atoms with Crippen molar-refractivity contribution in [2.75, 3.05) is 20.1 Å². The van der Waals surface area contributed by atoms with Crippen LogP contribution in [0.25, 0.3) is 0 Å². The number of amides is 1. The molecule has 0 bridgehead atoms. The number of likely N-dealkylation sites (tertiary alicyclic amines) is 1. The molecule has 3 heterocycles. The van der Waals surface area contributed by atoms with Gasteiger partial charge >= 0.3 is 0 Å². The molecule has 1 fully saturated rings. The van der Waals surface area contributed by atoms with Gasteiger partial charge in [0, 0.05) is 30.5 Å². The van der Waals surface area contributed by atoms with Crippen molar-refractivity contribution in [2.24, 2.45) is 0 Å². The Morgan fingerprint density at radius 1 is 1.38 bits per heavy atom. The van der Waals surface area contributed by atoms with Crippen LogP contribution in [-0.2, 0) is 0 Å².